The van der Waals surface area contributed by atoms with Gasteiger partial charge in [-0.3, -0.25) is 14.4 Å². The topological polar surface area (TPSA) is 178 Å². The first-order valence-electron chi connectivity index (χ1n) is 9.68. The molecule has 0 spiro atoms. The van der Waals surface area contributed by atoms with Gasteiger partial charge in [-0.1, -0.05) is 108 Å². The number of phenols is 1. The monoisotopic (exact) mass is 593 g/mol. The summed E-state index contributed by atoms with van der Waals surface area (Å²) in [7, 11) is 0. The Morgan fingerprint density at radius 3 is 1.73 bits per heavy atom. The number of nitrogens with two attached hydrogens (primary N) is 1. The lowest BCUT2D eigenvalue weighted by Gasteiger charge is -2.54. The van der Waals surface area contributed by atoms with Crippen LogP contribution >= 0.6 is 0 Å². The van der Waals surface area contributed by atoms with Gasteiger partial charge in [0.25, 0.3) is 0 Å². The summed E-state index contributed by atoms with van der Waals surface area (Å²) in [6, 6.07) is 4.51. The first kappa shape index (κ1) is 58.0. The number of ketones is 2. The van der Waals surface area contributed by atoms with E-state index in [1.54, 1.807) is 19.1 Å². The van der Waals surface area contributed by atoms with Crippen molar-refractivity contribution in [1.82, 2.24) is 0 Å². The van der Waals surface area contributed by atoms with Gasteiger partial charge < -0.3 is 31.3 Å². The van der Waals surface area contributed by atoms with Crippen molar-refractivity contribution in [3.63, 3.8) is 0 Å². The smallest absolute Gasteiger partial charge is 0.230 e. The number of rotatable bonds is 1. The van der Waals surface area contributed by atoms with Crippen LogP contribution in [0.4, 0.5) is 0 Å². The van der Waals surface area contributed by atoms with E-state index >= 15 is 0 Å². The highest BCUT2D eigenvalue weighted by atomic mass is 16.3. The van der Waals surface area contributed by atoms with E-state index in [1.165, 1.54) is 13.0 Å². The second-order valence-electron chi connectivity index (χ2n) is 8.52. The van der Waals surface area contributed by atoms with Crippen LogP contribution in [0.5, 0.6) is 5.75 Å². The Morgan fingerprint density at radius 1 is 0.829 bits per heavy atom. The van der Waals surface area contributed by atoms with E-state index in [0.717, 1.165) is 0 Å². The van der Waals surface area contributed by atoms with Crippen LogP contribution in [0.1, 0.15) is 113 Å². The number of carbonyl (C=O) groups is 3. The molecule has 41 heavy (non-hydrogen) atoms. The minimum Gasteiger partial charge on any atom is -0.507 e. The quantitative estimate of drug-likeness (QED) is 0.203. The van der Waals surface area contributed by atoms with Gasteiger partial charge in [-0.25, -0.2) is 0 Å². The van der Waals surface area contributed by atoms with Crippen LogP contribution < -0.4 is 5.73 Å². The molecule has 1 aromatic carbocycles. The summed E-state index contributed by atoms with van der Waals surface area (Å²) < 4.78 is 0. The van der Waals surface area contributed by atoms with Crippen molar-refractivity contribution in [1.29, 1.82) is 0 Å². The largest absolute Gasteiger partial charge is 0.507 e. The number of amides is 1. The van der Waals surface area contributed by atoms with Crippen molar-refractivity contribution < 1.29 is 39.9 Å². The molecule has 8 atom stereocenters. The number of phenolic OH excluding ortho intramolecular Hbond substituents is 1. The van der Waals surface area contributed by atoms with Gasteiger partial charge in [0.2, 0.25) is 11.7 Å². The minimum atomic E-state index is -2.85. The maximum atomic E-state index is 13.5. The highest BCUT2D eigenvalue weighted by molar-refractivity contribution is 6.25. The first-order valence-corrected chi connectivity index (χ1v) is 9.68. The van der Waals surface area contributed by atoms with Gasteiger partial charge in [0.15, 0.2) is 11.4 Å². The van der Waals surface area contributed by atoms with Crippen LogP contribution in [0, 0.1) is 23.7 Å². The zero-order chi connectivity index (χ0) is 22.3. The van der Waals surface area contributed by atoms with Gasteiger partial charge in [0.1, 0.15) is 17.4 Å². The molecule has 7 unspecified atom stereocenters. The van der Waals surface area contributed by atoms with Crippen molar-refractivity contribution in [2.24, 2.45) is 29.4 Å². The van der Waals surface area contributed by atoms with Crippen LogP contribution in [0.15, 0.2) is 23.8 Å². The molecule has 2 fully saturated rings. The van der Waals surface area contributed by atoms with Gasteiger partial charge in [-0.2, -0.15) is 0 Å². The summed E-state index contributed by atoms with van der Waals surface area (Å²) in [6.07, 6.45) is -3.09. The van der Waals surface area contributed by atoms with Crippen molar-refractivity contribution in [3.8, 4) is 5.75 Å². The zero-order valence-electron chi connectivity index (χ0n) is 16.3. The fraction of sp³-hybridized carbons (Fsp3) is 0.656. The highest BCUT2D eigenvalue weighted by Crippen LogP contribution is 2.56. The lowest BCUT2D eigenvalue weighted by molar-refractivity contribution is -0.196. The fourth-order valence-corrected chi connectivity index (χ4v) is 5.66. The maximum Gasteiger partial charge on any atom is 0.230 e. The lowest BCUT2D eigenvalue weighted by atomic mass is 9.51. The number of carbonyl (C=O) groups excluding carboxylic acids is 3. The molecule has 7 N–H and O–H groups in total. The number of Topliss-reactive ketones (excluding diaryl/α,β-unsaturated/α-hetero) is 2. The Morgan fingerprint density at radius 2 is 1.29 bits per heavy atom. The van der Waals surface area contributed by atoms with Gasteiger partial charge >= 0.3 is 0 Å². The molecule has 2 saturated carbocycles. The molecule has 0 radical (unpaired) electrons. The predicted molar refractivity (Wildman–Crippen MR) is 176 cm³/mol. The van der Waals surface area contributed by atoms with Gasteiger partial charge in [0, 0.05) is 17.4 Å². The third kappa shape index (κ3) is 7.01. The Bertz CT molecular complexity index is 1020. The summed E-state index contributed by atoms with van der Waals surface area (Å²) >= 11 is 0. The SMILES string of the molecule is C.C.C.C.C.C.C.C.C.C.C.CC1c2cccc(O)c2C(O)=C2C(=O)C3(O)C(=O)C(C(N)=O)C(O)[C@@H](C)C3C(O)C21. The van der Waals surface area contributed by atoms with Crippen LogP contribution in [0.3, 0.4) is 0 Å². The number of benzene rings is 1. The Hall–Kier alpha value is -2.75. The molecule has 9 heteroatoms. The molecule has 3 aliphatic rings. The molecule has 4 rings (SSSR count). The molecule has 248 valence electrons. The zero-order valence-corrected chi connectivity index (χ0v) is 16.3. The standard InChI is InChI=1S/C21H23NO8.11CH4/c1-6-8-4-3-5-9(23)11(8)16(25)12-10(6)17(26)14-7(2)15(24)13(20(22)29)19(28)21(14,30)18(12)27;;;;;;;;;;;/h3-7,10,13-15,17,23-26,30H,1-2H3,(H2,22,29);11*1H4/t6?,7-,10?,13?,14?,15?,17?,21?;;;;;;;;;;;/m0.........../s1. The van der Waals surface area contributed by atoms with Gasteiger partial charge in [-0.05, 0) is 23.5 Å². The molecule has 0 heterocycles. The minimum absolute atomic E-state index is 0. The summed E-state index contributed by atoms with van der Waals surface area (Å²) in [4.78, 5) is 38.3. The molecule has 1 aromatic rings. The van der Waals surface area contributed by atoms with Crippen LogP contribution in [0.25, 0.3) is 5.76 Å². The average Bonchev–Trinajstić information content (AvgIpc) is 2.67. The van der Waals surface area contributed by atoms with Crippen LogP contribution in [0.2, 0.25) is 0 Å². The first-order chi connectivity index (χ1) is 14.0. The van der Waals surface area contributed by atoms with E-state index < -0.39 is 70.6 Å². The molecular weight excluding hydrogens is 526 g/mol. The highest BCUT2D eigenvalue weighted by Gasteiger charge is 2.69. The summed E-state index contributed by atoms with van der Waals surface area (Å²) in [5.74, 6) is -10.4. The number of hydrogen-bond donors (Lipinski definition) is 6. The van der Waals surface area contributed by atoms with E-state index in [2.05, 4.69) is 0 Å². The van der Waals surface area contributed by atoms with Gasteiger partial charge in [-0.15, -0.1) is 0 Å². The molecule has 0 bridgehead atoms. The summed E-state index contributed by atoms with van der Waals surface area (Å²) in [6.45, 7) is 3.11. The van der Waals surface area contributed by atoms with E-state index in [-0.39, 0.29) is 98.6 Å². The van der Waals surface area contributed by atoms with Crippen molar-refractivity contribution >= 4 is 23.2 Å². The summed E-state index contributed by atoms with van der Waals surface area (Å²) in [5, 5.41) is 54.1. The Kier molecular flexibility index (Phi) is 26.4. The van der Waals surface area contributed by atoms with Crippen molar-refractivity contribution in [3.05, 3.63) is 34.9 Å². The number of aliphatic hydroxyl groups excluding tert-OH is 3. The normalized spacial score (nSPS) is 29.6. The number of primary amides is 1. The van der Waals surface area contributed by atoms with Crippen LogP contribution in [-0.4, -0.2) is 60.8 Å². The molecule has 3 aliphatic carbocycles. The lowest BCUT2D eigenvalue weighted by Crippen LogP contribution is -2.73. The van der Waals surface area contributed by atoms with Crippen molar-refractivity contribution in [2.75, 3.05) is 0 Å². The molecule has 0 aromatic heterocycles. The average molecular weight is 594 g/mol. The number of hydrogen-bond acceptors (Lipinski definition) is 8. The predicted octanol–water partition coefficient (Wildman–Crippen LogP) is 6.36. The number of aromatic hydroxyl groups is 1. The van der Waals surface area contributed by atoms with E-state index in [9.17, 15) is 39.9 Å². The van der Waals surface area contributed by atoms with Crippen LogP contribution in [-0.2, 0) is 14.4 Å². The molecular formula is C32H67NO8. The third-order valence-electron chi connectivity index (χ3n) is 7.15. The third-order valence-corrected chi connectivity index (χ3v) is 7.15. The number of fused-ring (bicyclic) bond motifs is 3. The molecule has 0 aliphatic heterocycles. The maximum absolute atomic E-state index is 13.5. The number of aliphatic hydroxyl groups is 4. The second-order valence-corrected chi connectivity index (χ2v) is 8.52. The van der Waals surface area contributed by atoms with Gasteiger partial charge in [0.05, 0.1) is 17.8 Å². The summed E-state index contributed by atoms with van der Waals surface area (Å²) in [5.41, 5.74) is 2.48. The van der Waals surface area contributed by atoms with E-state index in [4.69, 9.17) is 5.73 Å². The Balaban J connectivity index is -0.000000165. The van der Waals surface area contributed by atoms with E-state index in [0.29, 0.717) is 5.56 Å². The Labute approximate surface area is 252 Å². The van der Waals surface area contributed by atoms with Crippen molar-refractivity contribution in [2.45, 2.75) is 119 Å². The fourth-order valence-electron chi connectivity index (χ4n) is 5.66. The van der Waals surface area contributed by atoms with E-state index in [1.807, 2.05) is 0 Å². The second kappa shape index (κ2) is 18.6. The molecule has 0 saturated heterocycles. The molecule has 1 amide bonds. The molecule has 9 nitrogen and oxygen atoms in total.